The van der Waals surface area contributed by atoms with Crippen molar-refractivity contribution in [3.05, 3.63) is 52.8 Å². The highest BCUT2D eigenvalue weighted by Crippen LogP contribution is 2.34. The lowest BCUT2D eigenvalue weighted by molar-refractivity contribution is -0.146. The van der Waals surface area contributed by atoms with Gasteiger partial charge in [0.15, 0.2) is 11.3 Å². The average molecular weight is 429 g/mol. The molecule has 4 heterocycles. The highest BCUT2D eigenvalue weighted by molar-refractivity contribution is 7.99. The molecule has 0 atom stereocenters. The van der Waals surface area contributed by atoms with Crippen molar-refractivity contribution in [3.63, 3.8) is 0 Å². The minimum Gasteiger partial charge on any atom is -0.270 e. The van der Waals surface area contributed by atoms with Crippen LogP contribution in [0, 0.1) is 20.8 Å². The number of aryl methyl sites for hydroxylation is 2. The zero-order valence-electron chi connectivity index (χ0n) is 16.1. The summed E-state index contributed by atoms with van der Waals surface area (Å²) in [5, 5.41) is 21.6. The standard InChI is InChI=1S/C19H14F3N7S/c1-9-8-14-23-26-18(28(14)13-7-5-4-6-12(9)13)30-16-11(3)10(2)15-24-25-17(19(20,21)22)29(15)27-16/h4-8H,1-3H3. The number of fused-ring (bicyclic) bond motifs is 4. The van der Waals surface area contributed by atoms with E-state index in [0.717, 1.165) is 32.7 Å². The number of hydrogen-bond donors (Lipinski definition) is 0. The van der Waals surface area contributed by atoms with Gasteiger partial charge in [-0.25, -0.2) is 0 Å². The summed E-state index contributed by atoms with van der Waals surface area (Å²) in [5.74, 6) is -1.16. The van der Waals surface area contributed by atoms with Crippen LogP contribution in [-0.2, 0) is 6.18 Å². The van der Waals surface area contributed by atoms with E-state index in [-0.39, 0.29) is 5.65 Å². The van der Waals surface area contributed by atoms with E-state index in [0.29, 0.717) is 27.0 Å². The molecule has 0 N–H and O–H groups in total. The highest BCUT2D eigenvalue weighted by atomic mass is 32.2. The average Bonchev–Trinajstić information content (AvgIpc) is 3.30. The lowest BCUT2D eigenvalue weighted by Crippen LogP contribution is -2.13. The molecule has 0 aliphatic rings. The number of hydrogen-bond acceptors (Lipinski definition) is 6. The third kappa shape index (κ3) is 2.72. The molecule has 4 aromatic heterocycles. The Morgan fingerprint density at radius 3 is 2.47 bits per heavy atom. The maximum absolute atomic E-state index is 13.3. The molecule has 0 unspecified atom stereocenters. The Labute approximate surface area is 171 Å². The van der Waals surface area contributed by atoms with E-state index >= 15 is 0 Å². The van der Waals surface area contributed by atoms with Crippen LogP contribution < -0.4 is 0 Å². The van der Waals surface area contributed by atoms with Gasteiger partial charge in [-0.2, -0.15) is 22.8 Å². The van der Waals surface area contributed by atoms with Crippen molar-refractivity contribution in [3.8, 4) is 0 Å². The molecular weight excluding hydrogens is 415 g/mol. The topological polar surface area (TPSA) is 73.3 Å². The second kappa shape index (κ2) is 6.39. The summed E-state index contributed by atoms with van der Waals surface area (Å²) in [5.41, 5.74) is 4.00. The van der Waals surface area contributed by atoms with Crippen molar-refractivity contribution < 1.29 is 13.2 Å². The molecule has 0 radical (unpaired) electrons. The van der Waals surface area contributed by atoms with Gasteiger partial charge in [0.2, 0.25) is 5.16 Å². The molecule has 5 aromatic rings. The van der Waals surface area contributed by atoms with Crippen molar-refractivity contribution in [1.82, 2.24) is 34.4 Å². The van der Waals surface area contributed by atoms with Gasteiger partial charge < -0.3 is 0 Å². The normalized spacial score (nSPS) is 12.5. The lowest BCUT2D eigenvalue weighted by Gasteiger charge is -2.11. The molecule has 11 heteroatoms. The van der Waals surface area contributed by atoms with E-state index in [4.69, 9.17) is 0 Å². The molecule has 1 aromatic carbocycles. The number of para-hydroxylation sites is 1. The number of alkyl halides is 3. The first kappa shape index (κ1) is 18.8. The van der Waals surface area contributed by atoms with Crippen LogP contribution in [0.2, 0.25) is 0 Å². The fourth-order valence-electron chi connectivity index (χ4n) is 3.40. The molecule has 0 aliphatic heterocycles. The number of halogens is 3. The monoisotopic (exact) mass is 429 g/mol. The second-order valence-electron chi connectivity index (χ2n) is 6.93. The molecule has 0 aliphatic carbocycles. The van der Waals surface area contributed by atoms with Gasteiger partial charge in [-0.15, -0.1) is 20.4 Å². The van der Waals surface area contributed by atoms with Crippen LogP contribution in [0.25, 0.3) is 22.2 Å². The minimum absolute atomic E-state index is 0.0800. The Morgan fingerprint density at radius 1 is 0.933 bits per heavy atom. The van der Waals surface area contributed by atoms with Gasteiger partial charge in [0, 0.05) is 10.9 Å². The molecular formula is C19H14F3N7S. The minimum atomic E-state index is -4.66. The summed E-state index contributed by atoms with van der Waals surface area (Å²) in [6.45, 7) is 5.49. The van der Waals surface area contributed by atoms with Gasteiger partial charge in [-0.05, 0) is 55.8 Å². The lowest BCUT2D eigenvalue weighted by atomic mass is 10.1. The van der Waals surface area contributed by atoms with Crippen molar-refractivity contribution in [2.45, 2.75) is 37.1 Å². The van der Waals surface area contributed by atoms with Gasteiger partial charge in [-0.1, -0.05) is 18.2 Å². The SMILES string of the molecule is Cc1c(Sc2nnc3cc(C)c4ccccc4n23)nn2c(C(F)(F)F)nnc2c1C. The summed E-state index contributed by atoms with van der Waals surface area (Å²) < 4.78 is 42.6. The van der Waals surface area contributed by atoms with Crippen molar-refractivity contribution in [2.24, 2.45) is 0 Å². The van der Waals surface area contributed by atoms with Crippen LogP contribution in [0.1, 0.15) is 22.5 Å². The Morgan fingerprint density at radius 2 is 1.70 bits per heavy atom. The molecule has 0 saturated heterocycles. The van der Waals surface area contributed by atoms with E-state index in [1.54, 1.807) is 13.8 Å². The van der Waals surface area contributed by atoms with E-state index < -0.39 is 12.0 Å². The molecule has 0 saturated carbocycles. The predicted octanol–water partition coefficient (Wildman–Crippen LogP) is 4.42. The number of benzene rings is 1. The van der Waals surface area contributed by atoms with Gasteiger partial charge in [0.05, 0.1) is 5.52 Å². The molecule has 0 fully saturated rings. The van der Waals surface area contributed by atoms with E-state index in [1.807, 2.05) is 41.7 Å². The van der Waals surface area contributed by atoms with Crippen LogP contribution in [-0.4, -0.2) is 34.4 Å². The van der Waals surface area contributed by atoms with E-state index in [1.165, 1.54) is 0 Å². The number of rotatable bonds is 2. The maximum atomic E-state index is 13.3. The van der Waals surface area contributed by atoms with Gasteiger partial charge in [0.1, 0.15) is 5.03 Å². The summed E-state index contributed by atoms with van der Waals surface area (Å²) in [4.78, 5) is 0. The third-order valence-electron chi connectivity index (χ3n) is 5.07. The summed E-state index contributed by atoms with van der Waals surface area (Å²) in [7, 11) is 0. The first-order valence-electron chi connectivity index (χ1n) is 8.97. The van der Waals surface area contributed by atoms with Gasteiger partial charge in [0.25, 0.3) is 5.82 Å². The molecule has 152 valence electrons. The molecule has 5 rings (SSSR count). The first-order valence-corrected chi connectivity index (χ1v) is 9.78. The zero-order valence-corrected chi connectivity index (χ0v) is 16.9. The quantitative estimate of drug-likeness (QED) is 0.414. The van der Waals surface area contributed by atoms with Crippen LogP contribution in [0.15, 0.2) is 40.5 Å². The second-order valence-corrected chi connectivity index (χ2v) is 7.89. The Balaban J connectivity index is 1.72. The number of nitrogens with zero attached hydrogens (tertiary/aromatic N) is 7. The smallest absolute Gasteiger partial charge is 0.270 e. The van der Waals surface area contributed by atoms with Crippen LogP contribution in [0.3, 0.4) is 0 Å². The van der Waals surface area contributed by atoms with Crippen molar-refractivity contribution in [2.75, 3.05) is 0 Å². The Kier molecular flexibility index (Phi) is 4.01. The molecule has 0 amide bonds. The maximum Gasteiger partial charge on any atom is 0.453 e. The molecule has 0 spiro atoms. The highest BCUT2D eigenvalue weighted by Gasteiger charge is 2.38. The molecule has 30 heavy (non-hydrogen) atoms. The third-order valence-corrected chi connectivity index (χ3v) is 6.09. The van der Waals surface area contributed by atoms with Crippen molar-refractivity contribution in [1.29, 1.82) is 0 Å². The number of pyridine rings is 1. The Bertz CT molecular complexity index is 1450. The fraction of sp³-hybridized carbons (Fsp3) is 0.211. The van der Waals surface area contributed by atoms with Gasteiger partial charge in [-0.3, -0.25) is 4.40 Å². The zero-order chi connectivity index (χ0) is 21.2. The molecule has 7 nitrogen and oxygen atoms in total. The summed E-state index contributed by atoms with van der Waals surface area (Å²) >= 11 is 1.16. The van der Waals surface area contributed by atoms with E-state index in [9.17, 15) is 13.2 Å². The van der Waals surface area contributed by atoms with Gasteiger partial charge >= 0.3 is 6.18 Å². The fourth-order valence-corrected chi connectivity index (χ4v) is 4.37. The van der Waals surface area contributed by atoms with Crippen LogP contribution in [0.5, 0.6) is 0 Å². The first-order chi connectivity index (χ1) is 14.3. The van der Waals surface area contributed by atoms with Crippen molar-refractivity contribution >= 4 is 34.0 Å². The predicted molar refractivity (Wildman–Crippen MR) is 105 cm³/mol. The molecule has 0 bridgehead atoms. The summed E-state index contributed by atoms with van der Waals surface area (Å²) in [6, 6.07) is 9.76. The Hall–Kier alpha value is -3.21. The largest absolute Gasteiger partial charge is 0.453 e. The van der Waals surface area contributed by atoms with Crippen LogP contribution >= 0.6 is 11.8 Å². The summed E-state index contributed by atoms with van der Waals surface area (Å²) in [6.07, 6.45) is -4.66. The van der Waals surface area contributed by atoms with Crippen LogP contribution in [0.4, 0.5) is 13.2 Å². The van der Waals surface area contributed by atoms with E-state index in [2.05, 4.69) is 25.5 Å². The number of aromatic nitrogens is 7.